The zero-order valence-electron chi connectivity index (χ0n) is 10.6. The largest absolute Gasteiger partial charge is 0.336 e. The van der Waals surface area contributed by atoms with E-state index in [0.717, 1.165) is 27.4 Å². The van der Waals surface area contributed by atoms with Crippen LogP contribution in [0.2, 0.25) is 0 Å². The lowest BCUT2D eigenvalue weighted by molar-refractivity contribution is 1.29. The summed E-state index contributed by atoms with van der Waals surface area (Å²) in [5.41, 5.74) is 4.35. The van der Waals surface area contributed by atoms with Crippen LogP contribution in [0, 0.1) is 0 Å². The third-order valence-corrected chi connectivity index (χ3v) is 4.01. The minimum absolute atomic E-state index is 0.832. The molecule has 0 bridgehead atoms. The fourth-order valence-electron chi connectivity index (χ4n) is 2.32. The first-order valence-corrected chi connectivity index (χ1v) is 7.24. The monoisotopic (exact) mass is 277 g/mol. The van der Waals surface area contributed by atoms with Crippen molar-refractivity contribution in [2.45, 2.75) is 0 Å². The molecule has 0 amide bonds. The van der Waals surface area contributed by atoms with E-state index in [-0.39, 0.29) is 0 Å². The van der Waals surface area contributed by atoms with E-state index in [9.17, 15) is 0 Å². The average Bonchev–Trinajstić information content (AvgIpc) is 3.16. The Morgan fingerprint density at radius 2 is 1.85 bits per heavy atom. The van der Waals surface area contributed by atoms with Gasteiger partial charge in [-0.15, -0.1) is 11.3 Å². The predicted molar refractivity (Wildman–Crippen MR) is 82.6 cm³/mol. The molecule has 0 saturated heterocycles. The molecule has 3 nitrogen and oxygen atoms in total. The Bertz CT molecular complexity index is 848. The van der Waals surface area contributed by atoms with Gasteiger partial charge in [-0.2, -0.15) is 0 Å². The van der Waals surface area contributed by atoms with Gasteiger partial charge in [-0.25, -0.2) is 9.97 Å². The maximum atomic E-state index is 4.72. The summed E-state index contributed by atoms with van der Waals surface area (Å²) in [6.07, 6.45) is 1.80. The summed E-state index contributed by atoms with van der Waals surface area (Å²) in [6, 6.07) is 16.5. The number of nitrogens with zero attached hydrogens (tertiary/aromatic N) is 2. The first kappa shape index (κ1) is 11.4. The highest BCUT2D eigenvalue weighted by molar-refractivity contribution is 7.13. The van der Waals surface area contributed by atoms with Crippen LogP contribution in [0.25, 0.3) is 33.0 Å². The van der Waals surface area contributed by atoms with Crippen LogP contribution < -0.4 is 0 Å². The van der Waals surface area contributed by atoms with Gasteiger partial charge in [0.2, 0.25) is 0 Å². The van der Waals surface area contributed by atoms with Gasteiger partial charge in [0.05, 0.1) is 11.0 Å². The molecule has 0 saturated carbocycles. The van der Waals surface area contributed by atoms with Gasteiger partial charge in [0.15, 0.2) is 10.8 Å². The molecule has 0 aliphatic heterocycles. The first-order valence-electron chi connectivity index (χ1n) is 6.36. The first-order chi connectivity index (χ1) is 9.92. The molecule has 4 rings (SSSR count). The van der Waals surface area contributed by atoms with Crippen LogP contribution in [0.4, 0.5) is 0 Å². The molecule has 2 heterocycles. The summed E-state index contributed by atoms with van der Waals surface area (Å²) < 4.78 is 0. The number of H-pyrrole nitrogens is 1. The number of thiazole rings is 1. The molecule has 2 aromatic heterocycles. The van der Waals surface area contributed by atoms with Gasteiger partial charge in [-0.3, -0.25) is 0 Å². The fourth-order valence-corrected chi connectivity index (χ4v) is 2.91. The van der Waals surface area contributed by atoms with Gasteiger partial charge in [-0.1, -0.05) is 42.5 Å². The maximum Gasteiger partial charge on any atom is 0.167 e. The van der Waals surface area contributed by atoms with E-state index in [0.29, 0.717) is 0 Å². The predicted octanol–water partition coefficient (Wildman–Crippen LogP) is 4.35. The number of hydrogen-bond acceptors (Lipinski definition) is 3. The molecule has 1 N–H and O–H groups in total. The number of benzene rings is 2. The topological polar surface area (TPSA) is 41.6 Å². The number of aromatic amines is 1. The molecule has 20 heavy (non-hydrogen) atoms. The molecule has 0 aliphatic carbocycles. The van der Waals surface area contributed by atoms with E-state index in [1.165, 1.54) is 5.56 Å². The number of aromatic nitrogens is 3. The summed E-state index contributed by atoms with van der Waals surface area (Å²) in [5.74, 6) is 0.832. The molecule has 4 heteroatoms. The van der Waals surface area contributed by atoms with Crippen molar-refractivity contribution in [1.82, 2.24) is 15.0 Å². The Kier molecular flexibility index (Phi) is 2.60. The average molecular weight is 277 g/mol. The quantitative estimate of drug-likeness (QED) is 0.591. The normalized spacial score (nSPS) is 11.0. The van der Waals surface area contributed by atoms with Gasteiger partial charge < -0.3 is 4.98 Å². The molecule has 96 valence electrons. The molecule has 4 aromatic rings. The van der Waals surface area contributed by atoms with E-state index in [2.05, 4.69) is 34.2 Å². The van der Waals surface area contributed by atoms with Crippen molar-refractivity contribution in [3.05, 3.63) is 60.1 Å². The molecular weight excluding hydrogens is 266 g/mol. The van der Waals surface area contributed by atoms with E-state index < -0.39 is 0 Å². The number of fused-ring (bicyclic) bond motifs is 1. The van der Waals surface area contributed by atoms with Crippen LogP contribution in [0.3, 0.4) is 0 Å². The van der Waals surface area contributed by atoms with E-state index in [1.54, 1.807) is 17.5 Å². The number of hydrogen-bond donors (Lipinski definition) is 1. The maximum absolute atomic E-state index is 4.72. The molecule has 2 aromatic carbocycles. The lowest BCUT2D eigenvalue weighted by Crippen LogP contribution is -1.80. The van der Waals surface area contributed by atoms with E-state index in [4.69, 9.17) is 4.98 Å². The standard InChI is InChI=1S/C16H11N3S/c1-2-5-11(6-3-1)12-7-4-8-13-14(12)19-15(18-13)16-17-9-10-20-16/h1-10H,(H,18,19). The summed E-state index contributed by atoms with van der Waals surface area (Å²) in [7, 11) is 0. The molecule has 0 fully saturated rings. The zero-order valence-corrected chi connectivity index (χ0v) is 11.4. The van der Waals surface area contributed by atoms with Crippen molar-refractivity contribution in [2.24, 2.45) is 0 Å². The Morgan fingerprint density at radius 3 is 2.65 bits per heavy atom. The fraction of sp³-hybridized carbons (Fsp3) is 0. The minimum Gasteiger partial charge on any atom is -0.336 e. The summed E-state index contributed by atoms with van der Waals surface area (Å²) in [6.45, 7) is 0. The van der Waals surface area contributed by atoms with Crippen LogP contribution in [0.15, 0.2) is 60.1 Å². The van der Waals surface area contributed by atoms with Crippen molar-refractivity contribution in [2.75, 3.05) is 0 Å². The molecule has 0 aliphatic rings. The molecule has 0 atom stereocenters. The SMILES string of the molecule is c1ccc(-c2cccc3[nH]c(-c4nccs4)nc23)cc1. The Balaban J connectivity index is 1.95. The van der Waals surface area contributed by atoms with Gasteiger partial charge in [0.1, 0.15) is 0 Å². The van der Waals surface area contributed by atoms with Gasteiger partial charge in [-0.05, 0) is 11.6 Å². The zero-order chi connectivity index (χ0) is 13.4. The second-order valence-corrected chi connectivity index (χ2v) is 5.38. The molecule has 0 unspecified atom stereocenters. The highest BCUT2D eigenvalue weighted by atomic mass is 32.1. The van der Waals surface area contributed by atoms with Crippen molar-refractivity contribution < 1.29 is 0 Å². The lowest BCUT2D eigenvalue weighted by atomic mass is 10.0. The summed E-state index contributed by atoms with van der Waals surface area (Å²) >= 11 is 1.59. The van der Waals surface area contributed by atoms with Gasteiger partial charge in [0.25, 0.3) is 0 Å². The summed E-state index contributed by atoms with van der Waals surface area (Å²) in [4.78, 5) is 12.4. The van der Waals surface area contributed by atoms with Gasteiger partial charge in [0, 0.05) is 17.1 Å². The lowest BCUT2D eigenvalue weighted by Gasteiger charge is -2.01. The van der Waals surface area contributed by atoms with Crippen LogP contribution in [-0.2, 0) is 0 Å². The van der Waals surface area contributed by atoms with Crippen LogP contribution in [-0.4, -0.2) is 15.0 Å². The van der Waals surface area contributed by atoms with Crippen molar-refractivity contribution in [3.8, 4) is 22.0 Å². The van der Waals surface area contributed by atoms with E-state index >= 15 is 0 Å². The van der Waals surface area contributed by atoms with Crippen molar-refractivity contribution in [3.63, 3.8) is 0 Å². The Morgan fingerprint density at radius 1 is 0.950 bits per heavy atom. The molecular formula is C16H11N3S. The highest BCUT2D eigenvalue weighted by Gasteiger charge is 2.11. The molecule has 0 spiro atoms. The Labute approximate surface area is 120 Å². The second kappa shape index (κ2) is 4.58. The van der Waals surface area contributed by atoms with Gasteiger partial charge >= 0.3 is 0 Å². The Hall–Kier alpha value is -2.46. The third kappa shape index (κ3) is 1.82. The number of imidazole rings is 1. The van der Waals surface area contributed by atoms with Crippen LogP contribution in [0.1, 0.15) is 0 Å². The number of para-hydroxylation sites is 1. The van der Waals surface area contributed by atoms with Crippen molar-refractivity contribution >= 4 is 22.4 Å². The number of rotatable bonds is 2. The smallest absolute Gasteiger partial charge is 0.167 e. The van der Waals surface area contributed by atoms with E-state index in [1.807, 2.05) is 29.6 Å². The minimum atomic E-state index is 0.832. The third-order valence-electron chi connectivity index (χ3n) is 3.23. The van der Waals surface area contributed by atoms with Crippen molar-refractivity contribution in [1.29, 1.82) is 0 Å². The number of nitrogens with one attached hydrogen (secondary N) is 1. The van der Waals surface area contributed by atoms with Crippen LogP contribution >= 0.6 is 11.3 Å². The second-order valence-electron chi connectivity index (χ2n) is 4.49. The highest BCUT2D eigenvalue weighted by Crippen LogP contribution is 2.29. The van der Waals surface area contributed by atoms with Crippen LogP contribution in [0.5, 0.6) is 0 Å². The summed E-state index contributed by atoms with van der Waals surface area (Å²) in [5, 5.41) is 2.88. The molecule has 0 radical (unpaired) electrons.